The van der Waals surface area contributed by atoms with Crippen molar-refractivity contribution in [2.45, 2.75) is 4.90 Å². The second kappa shape index (κ2) is 4.74. The zero-order valence-corrected chi connectivity index (χ0v) is 11.9. The first-order valence-corrected chi connectivity index (χ1v) is 7.90. The standard InChI is InChI=1S/C13H12N4O3S/c1-21(18,19)10-4-2-9(3-5-10)20-13-12-15-6-7-17(12)8-11(14)16-13/h2-8H,14H2,1H3. The second-order valence-corrected chi connectivity index (χ2v) is 6.49. The lowest BCUT2D eigenvalue weighted by molar-refractivity contribution is 0.465. The first kappa shape index (κ1) is 13.4. The maximum absolute atomic E-state index is 11.4. The van der Waals surface area contributed by atoms with E-state index in [0.29, 0.717) is 17.2 Å². The van der Waals surface area contributed by atoms with Gasteiger partial charge < -0.3 is 10.5 Å². The van der Waals surface area contributed by atoms with Crippen LogP contribution in [0, 0.1) is 0 Å². The maximum Gasteiger partial charge on any atom is 0.265 e. The van der Waals surface area contributed by atoms with Crippen molar-refractivity contribution in [3.05, 3.63) is 42.9 Å². The van der Waals surface area contributed by atoms with E-state index in [9.17, 15) is 8.42 Å². The van der Waals surface area contributed by atoms with Crippen molar-refractivity contribution in [3.63, 3.8) is 0 Å². The smallest absolute Gasteiger partial charge is 0.265 e. The highest BCUT2D eigenvalue weighted by Crippen LogP contribution is 2.25. The van der Waals surface area contributed by atoms with Crippen LogP contribution in [0.4, 0.5) is 5.82 Å². The van der Waals surface area contributed by atoms with Gasteiger partial charge in [-0.1, -0.05) is 0 Å². The van der Waals surface area contributed by atoms with Crippen LogP contribution in [-0.2, 0) is 9.84 Å². The van der Waals surface area contributed by atoms with Crippen molar-refractivity contribution in [2.75, 3.05) is 12.0 Å². The van der Waals surface area contributed by atoms with E-state index in [1.165, 1.54) is 12.1 Å². The number of hydrogen-bond acceptors (Lipinski definition) is 6. The minimum Gasteiger partial charge on any atom is -0.436 e. The molecule has 7 nitrogen and oxygen atoms in total. The van der Waals surface area contributed by atoms with Crippen molar-refractivity contribution in [1.29, 1.82) is 0 Å². The molecule has 2 heterocycles. The Balaban J connectivity index is 1.97. The van der Waals surface area contributed by atoms with Crippen LogP contribution in [0.15, 0.2) is 47.8 Å². The zero-order valence-electron chi connectivity index (χ0n) is 11.1. The van der Waals surface area contributed by atoms with Crippen molar-refractivity contribution < 1.29 is 13.2 Å². The summed E-state index contributed by atoms with van der Waals surface area (Å²) >= 11 is 0. The van der Waals surface area contributed by atoms with Gasteiger partial charge in [0.05, 0.1) is 11.1 Å². The molecular formula is C13H12N4O3S. The molecular weight excluding hydrogens is 292 g/mol. The number of fused-ring (bicyclic) bond motifs is 1. The number of imidazole rings is 1. The minimum absolute atomic E-state index is 0.223. The third-order valence-corrected chi connectivity index (χ3v) is 3.96. The van der Waals surface area contributed by atoms with Gasteiger partial charge in [0.2, 0.25) is 5.65 Å². The monoisotopic (exact) mass is 304 g/mol. The summed E-state index contributed by atoms with van der Waals surface area (Å²) in [6.45, 7) is 0. The zero-order chi connectivity index (χ0) is 15.0. The molecule has 21 heavy (non-hydrogen) atoms. The number of sulfone groups is 1. The molecule has 2 aromatic heterocycles. The Morgan fingerprint density at radius 2 is 1.95 bits per heavy atom. The summed E-state index contributed by atoms with van der Waals surface area (Å²) in [6, 6.07) is 6.06. The molecule has 3 rings (SSSR count). The van der Waals surface area contributed by atoms with Gasteiger partial charge in [-0.15, -0.1) is 0 Å². The fraction of sp³-hybridized carbons (Fsp3) is 0.0769. The molecule has 0 amide bonds. The molecule has 108 valence electrons. The number of nitrogens with two attached hydrogens (primary N) is 1. The summed E-state index contributed by atoms with van der Waals surface area (Å²) in [5, 5.41) is 0. The summed E-state index contributed by atoms with van der Waals surface area (Å²) in [5.74, 6) is 1.00. The van der Waals surface area contributed by atoms with Crippen molar-refractivity contribution in [3.8, 4) is 11.6 Å². The van der Waals surface area contributed by atoms with E-state index in [4.69, 9.17) is 10.5 Å². The van der Waals surface area contributed by atoms with Gasteiger partial charge in [0, 0.05) is 18.6 Å². The third kappa shape index (κ3) is 2.65. The molecule has 0 atom stereocenters. The fourth-order valence-corrected chi connectivity index (χ4v) is 2.49. The summed E-state index contributed by atoms with van der Waals surface area (Å²) in [5.41, 5.74) is 6.22. The van der Waals surface area contributed by atoms with Crippen LogP contribution in [-0.4, -0.2) is 29.0 Å². The lowest BCUT2D eigenvalue weighted by Crippen LogP contribution is -1.99. The number of rotatable bonds is 3. The molecule has 0 aliphatic rings. The number of benzene rings is 1. The predicted octanol–water partition coefficient (Wildman–Crippen LogP) is 1.51. The first-order chi connectivity index (χ1) is 9.93. The Morgan fingerprint density at radius 3 is 2.62 bits per heavy atom. The normalized spacial score (nSPS) is 11.7. The van der Waals surface area contributed by atoms with E-state index >= 15 is 0 Å². The summed E-state index contributed by atoms with van der Waals surface area (Å²) < 4.78 is 30.1. The molecule has 0 saturated carbocycles. The van der Waals surface area contributed by atoms with Crippen molar-refractivity contribution >= 4 is 21.3 Å². The van der Waals surface area contributed by atoms with Crippen molar-refractivity contribution in [1.82, 2.24) is 14.4 Å². The molecule has 0 aliphatic carbocycles. The Hall–Kier alpha value is -2.61. The fourth-order valence-electron chi connectivity index (χ4n) is 1.86. The second-order valence-electron chi connectivity index (χ2n) is 4.47. The molecule has 0 unspecified atom stereocenters. The molecule has 0 radical (unpaired) electrons. The minimum atomic E-state index is -3.23. The van der Waals surface area contributed by atoms with Crippen molar-refractivity contribution in [2.24, 2.45) is 0 Å². The van der Waals surface area contributed by atoms with Crippen LogP contribution in [0.3, 0.4) is 0 Å². The number of aromatic nitrogens is 3. The van der Waals surface area contributed by atoms with Gasteiger partial charge in [0.15, 0.2) is 9.84 Å². The SMILES string of the molecule is CS(=O)(=O)c1ccc(Oc2nc(N)cn3ccnc23)cc1. The molecule has 0 fully saturated rings. The van der Waals surface area contributed by atoms with Gasteiger partial charge in [0.1, 0.15) is 11.6 Å². The topological polar surface area (TPSA) is 99.6 Å². The molecule has 0 aliphatic heterocycles. The van der Waals surface area contributed by atoms with E-state index in [2.05, 4.69) is 9.97 Å². The molecule has 2 N–H and O–H groups in total. The Kier molecular flexibility index (Phi) is 3.02. The lowest BCUT2D eigenvalue weighted by atomic mass is 10.3. The van der Waals surface area contributed by atoms with E-state index < -0.39 is 9.84 Å². The van der Waals surface area contributed by atoms with E-state index in [0.717, 1.165) is 6.26 Å². The van der Waals surface area contributed by atoms with Gasteiger partial charge in [0.25, 0.3) is 5.88 Å². The molecule has 1 aromatic carbocycles. The summed E-state index contributed by atoms with van der Waals surface area (Å²) in [4.78, 5) is 8.45. The van der Waals surface area contributed by atoms with Crippen LogP contribution in [0.2, 0.25) is 0 Å². The highest BCUT2D eigenvalue weighted by molar-refractivity contribution is 7.90. The highest BCUT2D eigenvalue weighted by Gasteiger charge is 2.10. The molecule has 0 spiro atoms. The number of hydrogen-bond donors (Lipinski definition) is 1. The lowest BCUT2D eigenvalue weighted by Gasteiger charge is -2.07. The van der Waals surface area contributed by atoms with Crippen LogP contribution in [0.1, 0.15) is 0 Å². The average molecular weight is 304 g/mol. The Morgan fingerprint density at radius 1 is 1.24 bits per heavy atom. The van der Waals surface area contributed by atoms with E-state index in [1.54, 1.807) is 35.1 Å². The van der Waals surface area contributed by atoms with Crippen LogP contribution < -0.4 is 10.5 Å². The van der Waals surface area contributed by atoms with Crippen LogP contribution in [0.25, 0.3) is 5.65 Å². The Bertz CT molecular complexity index is 901. The Labute approximate surface area is 120 Å². The number of nitrogens with zero attached hydrogens (tertiary/aromatic N) is 3. The van der Waals surface area contributed by atoms with Gasteiger partial charge in [-0.3, -0.25) is 4.40 Å². The largest absolute Gasteiger partial charge is 0.436 e. The number of anilines is 1. The molecule has 0 bridgehead atoms. The summed E-state index contributed by atoms with van der Waals surface area (Å²) in [6.07, 6.45) is 6.11. The molecule has 0 saturated heterocycles. The number of nitrogen functional groups attached to an aromatic ring is 1. The predicted molar refractivity (Wildman–Crippen MR) is 77.0 cm³/mol. The van der Waals surface area contributed by atoms with Crippen LogP contribution in [0.5, 0.6) is 11.6 Å². The van der Waals surface area contributed by atoms with E-state index in [1.807, 2.05) is 0 Å². The average Bonchev–Trinajstić information content (AvgIpc) is 2.86. The summed E-state index contributed by atoms with van der Waals surface area (Å²) in [7, 11) is -3.23. The quantitative estimate of drug-likeness (QED) is 0.787. The third-order valence-electron chi connectivity index (χ3n) is 2.83. The van der Waals surface area contributed by atoms with Gasteiger partial charge >= 0.3 is 0 Å². The van der Waals surface area contributed by atoms with E-state index in [-0.39, 0.29) is 10.8 Å². The first-order valence-electron chi connectivity index (χ1n) is 6.01. The molecule has 3 aromatic rings. The maximum atomic E-state index is 11.4. The molecule has 8 heteroatoms. The van der Waals surface area contributed by atoms with Crippen LogP contribution >= 0.6 is 0 Å². The number of ether oxygens (including phenoxy) is 1. The van der Waals surface area contributed by atoms with Gasteiger partial charge in [-0.2, -0.15) is 4.98 Å². The highest BCUT2D eigenvalue weighted by atomic mass is 32.2. The van der Waals surface area contributed by atoms with Gasteiger partial charge in [-0.25, -0.2) is 13.4 Å². The van der Waals surface area contributed by atoms with Gasteiger partial charge in [-0.05, 0) is 24.3 Å².